The molecule has 0 bridgehead atoms. The lowest BCUT2D eigenvalue weighted by molar-refractivity contribution is -0.703. The fourth-order valence-electron chi connectivity index (χ4n) is 1.80. The first-order chi connectivity index (χ1) is 7.81. The van der Waals surface area contributed by atoms with Gasteiger partial charge in [0, 0.05) is 6.07 Å². The van der Waals surface area contributed by atoms with Crippen LogP contribution in [0, 0.1) is 0 Å². The molecule has 0 unspecified atom stereocenters. The Kier molecular flexibility index (Phi) is 8.11. The van der Waals surface area contributed by atoms with E-state index in [1.54, 1.807) is 0 Å². The van der Waals surface area contributed by atoms with Crippen LogP contribution in [0.2, 0.25) is 0 Å². The van der Waals surface area contributed by atoms with Crippen molar-refractivity contribution in [1.82, 2.24) is 4.57 Å². The van der Waals surface area contributed by atoms with Crippen molar-refractivity contribution in [2.75, 3.05) is 0 Å². The highest BCUT2D eigenvalue weighted by Crippen LogP contribution is 1.94. The maximum absolute atomic E-state index is 2.21. The van der Waals surface area contributed by atoms with Crippen LogP contribution in [0.4, 0.5) is 0 Å². The third kappa shape index (κ3) is 4.53. The lowest BCUT2D eigenvalue weighted by Gasteiger charge is -1.97. The van der Waals surface area contributed by atoms with Crippen molar-refractivity contribution in [1.29, 1.82) is 0 Å². The number of aryl methyl sites for hydroxylation is 2. The van der Waals surface area contributed by atoms with E-state index in [9.17, 15) is 0 Å². The second-order valence-corrected chi connectivity index (χ2v) is 3.96. The third-order valence-electron chi connectivity index (χ3n) is 2.76. The zero-order valence-electron chi connectivity index (χ0n) is 10.8. The SMILES string of the molecule is CCn1cc[n+](Cc2ccc[n+](CC)c2)c1.[Br-].[Br-]. The minimum Gasteiger partial charge on any atom is -1.00 e. The lowest BCUT2D eigenvalue weighted by atomic mass is 10.3. The van der Waals surface area contributed by atoms with E-state index in [-0.39, 0.29) is 34.0 Å². The van der Waals surface area contributed by atoms with Crippen molar-refractivity contribution in [3.05, 3.63) is 48.8 Å². The Labute approximate surface area is 130 Å². The van der Waals surface area contributed by atoms with Crippen LogP contribution in [0.15, 0.2) is 43.2 Å². The molecular formula is C13H19Br2N3. The summed E-state index contributed by atoms with van der Waals surface area (Å²) in [6.07, 6.45) is 10.7. The molecule has 2 heterocycles. The highest BCUT2D eigenvalue weighted by molar-refractivity contribution is 5.03. The van der Waals surface area contributed by atoms with Crippen LogP contribution in [0.3, 0.4) is 0 Å². The van der Waals surface area contributed by atoms with Crippen molar-refractivity contribution in [3.8, 4) is 0 Å². The van der Waals surface area contributed by atoms with Crippen LogP contribution in [-0.4, -0.2) is 4.57 Å². The predicted octanol–water partition coefficient (Wildman–Crippen LogP) is -4.84. The van der Waals surface area contributed by atoms with E-state index in [4.69, 9.17) is 0 Å². The van der Waals surface area contributed by atoms with Crippen LogP contribution < -0.4 is 43.1 Å². The molecule has 3 nitrogen and oxygen atoms in total. The van der Waals surface area contributed by atoms with E-state index in [0.717, 1.165) is 19.6 Å². The van der Waals surface area contributed by atoms with Crippen molar-refractivity contribution in [3.63, 3.8) is 0 Å². The standard InChI is InChI=1S/C13H19N3.2BrH/c1-3-14-7-5-6-13(10-14)11-16-9-8-15(4-2)12-16;;/h5-10,12H,3-4,11H2,1-2H3;2*1H/q+2;;/p-2. The molecule has 2 aromatic heterocycles. The molecule has 0 spiro atoms. The van der Waals surface area contributed by atoms with Gasteiger partial charge in [-0.2, -0.15) is 0 Å². The zero-order valence-corrected chi connectivity index (χ0v) is 13.9. The summed E-state index contributed by atoms with van der Waals surface area (Å²) in [6.45, 7) is 7.29. The van der Waals surface area contributed by atoms with Gasteiger partial charge in [0.25, 0.3) is 0 Å². The number of hydrogen-bond donors (Lipinski definition) is 0. The maximum atomic E-state index is 2.21. The van der Waals surface area contributed by atoms with Crippen LogP contribution in [0.5, 0.6) is 0 Å². The molecule has 0 aliphatic heterocycles. The number of rotatable bonds is 4. The normalized spacial score (nSPS) is 9.44. The Morgan fingerprint density at radius 2 is 1.89 bits per heavy atom. The Balaban J connectivity index is 0.00000144. The van der Waals surface area contributed by atoms with Gasteiger partial charge in [-0.1, -0.05) is 0 Å². The molecule has 0 fully saturated rings. The van der Waals surface area contributed by atoms with Crippen molar-refractivity contribution >= 4 is 0 Å². The molecule has 0 radical (unpaired) electrons. The lowest BCUT2D eigenvalue weighted by Crippen LogP contribution is -3.00. The summed E-state index contributed by atoms with van der Waals surface area (Å²) in [5, 5.41) is 0. The van der Waals surface area contributed by atoms with Gasteiger partial charge in [0.05, 0.1) is 12.1 Å². The summed E-state index contributed by atoms with van der Waals surface area (Å²) >= 11 is 0. The van der Waals surface area contributed by atoms with Crippen molar-refractivity contribution < 1.29 is 43.1 Å². The largest absolute Gasteiger partial charge is 1.00 e. The van der Waals surface area contributed by atoms with Gasteiger partial charge in [-0.3, -0.25) is 0 Å². The van der Waals surface area contributed by atoms with Gasteiger partial charge in [0.1, 0.15) is 25.5 Å². The average molecular weight is 377 g/mol. The molecule has 2 aromatic rings. The smallest absolute Gasteiger partial charge is 0.244 e. The van der Waals surface area contributed by atoms with Crippen molar-refractivity contribution in [2.45, 2.75) is 33.5 Å². The monoisotopic (exact) mass is 375 g/mol. The van der Waals surface area contributed by atoms with E-state index in [1.807, 2.05) is 0 Å². The Morgan fingerprint density at radius 1 is 1.11 bits per heavy atom. The van der Waals surface area contributed by atoms with E-state index in [2.05, 4.69) is 70.8 Å². The van der Waals surface area contributed by atoms with Crippen LogP contribution >= 0.6 is 0 Å². The number of hydrogen-bond acceptors (Lipinski definition) is 0. The maximum Gasteiger partial charge on any atom is 0.244 e. The van der Waals surface area contributed by atoms with Gasteiger partial charge < -0.3 is 34.0 Å². The highest BCUT2D eigenvalue weighted by atomic mass is 79.9. The number of nitrogens with zero attached hydrogens (tertiary/aromatic N) is 3. The van der Waals surface area contributed by atoms with Gasteiger partial charge in [-0.05, 0) is 19.9 Å². The molecule has 0 aliphatic carbocycles. The van der Waals surface area contributed by atoms with E-state index >= 15 is 0 Å². The second-order valence-electron chi connectivity index (χ2n) is 3.96. The molecular weight excluding hydrogens is 358 g/mol. The van der Waals surface area contributed by atoms with E-state index in [0.29, 0.717) is 0 Å². The molecule has 0 aromatic carbocycles. The van der Waals surface area contributed by atoms with Gasteiger partial charge in [0.15, 0.2) is 12.4 Å². The Morgan fingerprint density at radius 3 is 2.50 bits per heavy atom. The Bertz CT molecular complexity index is 469. The average Bonchev–Trinajstić information content (AvgIpc) is 2.77. The minimum absolute atomic E-state index is 0. The van der Waals surface area contributed by atoms with E-state index in [1.165, 1.54) is 5.56 Å². The van der Waals surface area contributed by atoms with Crippen LogP contribution in [0.25, 0.3) is 0 Å². The molecule has 0 aliphatic rings. The van der Waals surface area contributed by atoms with Crippen molar-refractivity contribution in [2.24, 2.45) is 0 Å². The minimum atomic E-state index is 0. The summed E-state index contributed by atoms with van der Waals surface area (Å²) in [5.74, 6) is 0. The van der Waals surface area contributed by atoms with E-state index < -0.39 is 0 Å². The molecule has 100 valence electrons. The number of aromatic nitrogens is 3. The first-order valence-corrected chi connectivity index (χ1v) is 5.84. The number of imidazole rings is 1. The molecule has 2 rings (SSSR count). The zero-order chi connectivity index (χ0) is 11.4. The van der Waals surface area contributed by atoms with Gasteiger partial charge >= 0.3 is 0 Å². The van der Waals surface area contributed by atoms with Crippen LogP contribution in [0.1, 0.15) is 19.4 Å². The molecule has 0 atom stereocenters. The highest BCUT2D eigenvalue weighted by Gasteiger charge is 2.06. The van der Waals surface area contributed by atoms with Gasteiger partial charge in [-0.15, -0.1) is 0 Å². The predicted molar refractivity (Wildman–Crippen MR) is 61.7 cm³/mol. The molecule has 5 heteroatoms. The molecule has 0 N–H and O–H groups in total. The summed E-state index contributed by atoms with van der Waals surface area (Å²) in [4.78, 5) is 0. The first kappa shape index (κ1) is 17.3. The molecule has 0 amide bonds. The third-order valence-corrected chi connectivity index (χ3v) is 2.76. The molecule has 0 saturated heterocycles. The second kappa shape index (κ2) is 8.43. The van der Waals surface area contributed by atoms with Gasteiger partial charge in [0.2, 0.25) is 6.33 Å². The fourth-order valence-corrected chi connectivity index (χ4v) is 1.80. The van der Waals surface area contributed by atoms with Gasteiger partial charge in [-0.25, -0.2) is 13.7 Å². The first-order valence-electron chi connectivity index (χ1n) is 5.84. The summed E-state index contributed by atoms with van der Waals surface area (Å²) in [7, 11) is 0. The number of pyridine rings is 1. The fraction of sp³-hybridized carbons (Fsp3) is 0.385. The summed E-state index contributed by atoms with van der Waals surface area (Å²) in [6, 6.07) is 4.28. The quantitative estimate of drug-likeness (QED) is 0.475. The molecule has 0 saturated carbocycles. The topological polar surface area (TPSA) is 12.7 Å². The van der Waals surface area contributed by atoms with Crippen LogP contribution in [-0.2, 0) is 19.6 Å². The Hall–Kier alpha value is -0.680. The number of halogens is 2. The summed E-state index contributed by atoms with van der Waals surface area (Å²) in [5.41, 5.74) is 1.34. The molecule has 18 heavy (non-hydrogen) atoms. The summed E-state index contributed by atoms with van der Waals surface area (Å²) < 4.78 is 6.59.